The number of halogens is 2. The Morgan fingerprint density at radius 3 is 1.32 bits per heavy atom. The molecule has 0 unspecified atom stereocenters. The molecule has 6 rings (SSSR count). The average molecular weight is 1540 g/mol. The normalized spacial score (nSPS) is 11.0. The minimum Gasteiger partial charge on any atom is -0.508 e. The van der Waals surface area contributed by atoms with Crippen molar-refractivity contribution in [3.63, 3.8) is 0 Å². The Morgan fingerprint density at radius 1 is 0.469 bits per heavy atom. The molecule has 25 nitrogen and oxygen atoms in total. The van der Waals surface area contributed by atoms with E-state index < -0.39 is 30.2 Å². The molecular weight excluding hydrogens is 1460 g/mol. The van der Waals surface area contributed by atoms with E-state index in [1.165, 1.54) is 24.3 Å². The first-order chi connectivity index (χ1) is 45.3. The summed E-state index contributed by atoms with van der Waals surface area (Å²) < 4.78 is 15.6. The SMILES string of the molecule is C/C(=N\OC(=O)CCCCCCCNC(=O)O/N=C(\C)c1ccc(O)cc1)c1ccc(O)cc1.C/C(=N\OC(=O)CCCCCCCNC(=O)O/N=C(\C)c1ccc(OC(=O)Cc2ccc(C)c(N=C=O)c2)cc1)c1ccc(OC(=O)Nc2ccc(C)c(OC#N)c2)cc1.I.I. The van der Waals surface area contributed by atoms with E-state index >= 15 is 0 Å². The molecule has 0 bridgehead atoms. The molecule has 0 aromatic heterocycles. The number of benzene rings is 6. The molecule has 0 spiro atoms. The Morgan fingerprint density at radius 2 is 0.875 bits per heavy atom. The molecule has 0 radical (unpaired) electrons. The number of ether oxygens (including phenoxy) is 3. The fraction of sp³-hybridized carbons (Fsp3) is 0.304. The molecular formula is C69H77I2N9O16. The van der Waals surface area contributed by atoms with E-state index in [0.717, 1.165) is 67.2 Å². The summed E-state index contributed by atoms with van der Waals surface area (Å²) in [5.41, 5.74) is 7.84. The lowest BCUT2D eigenvalue weighted by molar-refractivity contribution is -0.144. The second-order valence-corrected chi connectivity index (χ2v) is 21.1. The van der Waals surface area contributed by atoms with E-state index in [1.807, 2.05) is 0 Å². The van der Waals surface area contributed by atoms with E-state index in [1.54, 1.807) is 163 Å². The highest BCUT2D eigenvalue weighted by molar-refractivity contribution is 14.0. The summed E-state index contributed by atoms with van der Waals surface area (Å²) in [5.74, 6) is -0.0777. The number of phenolic OH excluding ortho intramolecular Hbond substituents is 2. The highest BCUT2D eigenvalue weighted by Crippen LogP contribution is 2.25. The number of isocyanates is 1. The second-order valence-electron chi connectivity index (χ2n) is 21.1. The van der Waals surface area contributed by atoms with Crippen LogP contribution in [0.4, 0.5) is 25.8 Å². The van der Waals surface area contributed by atoms with Crippen LogP contribution in [0.25, 0.3) is 0 Å². The minimum atomic E-state index is -0.728. The third-order valence-corrected chi connectivity index (χ3v) is 13.7. The molecule has 96 heavy (non-hydrogen) atoms. The number of nitrogens with one attached hydrogen (secondary N) is 3. The van der Waals surface area contributed by atoms with Crippen molar-refractivity contribution in [2.45, 2.75) is 125 Å². The summed E-state index contributed by atoms with van der Waals surface area (Å²) in [6.45, 7) is 11.2. The number of aromatic hydroxyl groups is 2. The summed E-state index contributed by atoms with van der Waals surface area (Å²) in [6, 6.07) is 36.0. The Kier molecular flexibility index (Phi) is 37.2. The van der Waals surface area contributed by atoms with Gasteiger partial charge in [-0.25, -0.2) is 28.8 Å². The monoisotopic (exact) mass is 1540 g/mol. The van der Waals surface area contributed by atoms with Crippen LogP contribution in [-0.4, -0.2) is 88.4 Å². The zero-order valence-corrected chi connectivity index (χ0v) is 58.6. The number of aryl methyl sites for hydroxylation is 2. The van der Waals surface area contributed by atoms with Gasteiger partial charge in [-0.3, -0.25) is 19.8 Å². The van der Waals surface area contributed by atoms with Crippen LogP contribution in [0.5, 0.6) is 28.7 Å². The first kappa shape index (κ1) is 80.2. The third kappa shape index (κ3) is 31.3. The topological polar surface area (TPSA) is 346 Å². The summed E-state index contributed by atoms with van der Waals surface area (Å²) in [7, 11) is 0. The van der Waals surface area contributed by atoms with Crippen molar-refractivity contribution in [3.05, 3.63) is 172 Å². The van der Waals surface area contributed by atoms with E-state index in [4.69, 9.17) is 38.8 Å². The lowest BCUT2D eigenvalue weighted by Crippen LogP contribution is -2.24. The minimum absolute atomic E-state index is 0. The molecule has 0 atom stereocenters. The van der Waals surface area contributed by atoms with Gasteiger partial charge >= 0.3 is 36.2 Å². The molecule has 508 valence electrons. The zero-order chi connectivity index (χ0) is 68.0. The number of nitrogens with zero attached hydrogens (tertiary/aromatic N) is 6. The van der Waals surface area contributed by atoms with Gasteiger partial charge in [-0.05, 0) is 215 Å². The molecule has 0 saturated carbocycles. The van der Waals surface area contributed by atoms with Gasteiger partial charge < -0.3 is 44.7 Å². The molecule has 0 heterocycles. The van der Waals surface area contributed by atoms with E-state index in [2.05, 4.69) is 41.6 Å². The van der Waals surface area contributed by atoms with Crippen molar-refractivity contribution in [2.24, 2.45) is 25.6 Å². The number of amides is 3. The predicted octanol–water partition coefficient (Wildman–Crippen LogP) is 14.7. The van der Waals surface area contributed by atoms with Crippen molar-refractivity contribution < 1.29 is 77.3 Å². The maximum absolute atomic E-state index is 12.4. The smallest absolute Gasteiger partial charge is 0.433 e. The predicted molar refractivity (Wildman–Crippen MR) is 381 cm³/mol. The lowest BCUT2D eigenvalue weighted by Gasteiger charge is -2.09. The van der Waals surface area contributed by atoms with Crippen LogP contribution in [0.2, 0.25) is 0 Å². The van der Waals surface area contributed by atoms with Gasteiger partial charge in [-0.15, -0.1) is 53.2 Å². The highest BCUT2D eigenvalue weighted by atomic mass is 127. The average Bonchev–Trinajstić information content (AvgIpc) is 1.35. The van der Waals surface area contributed by atoms with Crippen LogP contribution in [0.1, 0.15) is 144 Å². The largest absolute Gasteiger partial charge is 0.508 e. The molecule has 0 aliphatic heterocycles. The third-order valence-electron chi connectivity index (χ3n) is 13.7. The summed E-state index contributed by atoms with van der Waals surface area (Å²) >= 11 is 0. The number of esters is 1. The number of hydrogen-bond donors (Lipinski definition) is 5. The number of oxime groups is 4. The van der Waals surface area contributed by atoms with Crippen LogP contribution >= 0.6 is 48.0 Å². The standard InChI is InChI=1S/C44H44N6O10.C25H31N3O6.2HI/c1-29-11-13-33(24-39(29)47-28-51)25-42(53)57-37-19-14-35(15-20-37)32(4)50-60-43(54)46-23-9-7-5-6-8-10-41(52)59-49-31(3)34-16-21-38(22-17-34)58-44(55)48-36-18-12-30(2)40(26-36)56-27-45;1-18(20-9-13-22(29)14-10-20)27-33-24(31)8-6-4-3-5-7-17-26-25(32)34-28-19(2)21-11-15-23(30)16-12-21;;/h11-22,24,26H,5-10,23,25H2,1-4H3,(H,46,54)(H,48,55);9-16,29-30H,3-8,17H2,1-2H3,(H,26,32);2*1H/b49-31+,50-32+;27-18+,28-19+;;. The second kappa shape index (κ2) is 44.5. The van der Waals surface area contributed by atoms with Gasteiger partial charge in [0.25, 0.3) is 6.26 Å². The number of nitriles is 1. The van der Waals surface area contributed by atoms with Crippen LogP contribution in [0, 0.1) is 25.4 Å². The Labute approximate surface area is 590 Å². The van der Waals surface area contributed by atoms with Crippen molar-refractivity contribution in [1.29, 1.82) is 5.26 Å². The van der Waals surface area contributed by atoms with E-state index in [9.17, 15) is 43.8 Å². The lowest BCUT2D eigenvalue weighted by atomic mass is 10.1. The van der Waals surface area contributed by atoms with Gasteiger partial charge in [-0.2, -0.15) is 4.99 Å². The van der Waals surface area contributed by atoms with Gasteiger partial charge in [-0.1, -0.05) is 77.3 Å². The Hall–Kier alpha value is -10.1. The number of carbonyl (C=O) groups excluding carboxylic acids is 7. The molecule has 27 heteroatoms. The summed E-state index contributed by atoms with van der Waals surface area (Å²) in [6.07, 6.45) is 9.56. The molecule has 0 aliphatic rings. The quantitative estimate of drug-likeness (QED) is 0.00311. The van der Waals surface area contributed by atoms with Gasteiger partial charge in [0.2, 0.25) is 6.08 Å². The van der Waals surface area contributed by atoms with E-state index in [0.29, 0.717) is 94.8 Å². The van der Waals surface area contributed by atoms with Crippen molar-refractivity contribution in [3.8, 4) is 35.0 Å². The molecule has 0 fully saturated rings. The molecule has 6 aromatic carbocycles. The molecule has 3 amide bonds. The van der Waals surface area contributed by atoms with Gasteiger partial charge in [0.1, 0.15) is 28.7 Å². The zero-order valence-electron chi connectivity index (χ0n) is 53.9. The summed E-state index contributed by atoms with van der Waals surface area (Å²) in [4.78, 5) is 107. The highest BCUT2D eigenvalue weighted by Gasteiger charge is 2.14. The van der Waals surface area contributed by atoms with Crippen molar-refractivity contribution >= 4 is 124 Å². The Balaban J connectivity index is 0.000000567. The molecule has 5 N–H and O–H groups in total. The van der Waals surface area contributed by atoms with Crippen LogP contribution in [0.15, 0.2) is 159 Å². The van der Waals surface area contributed by atoms with E-state index in [-0.39, 0.29) is 90.4 Å². The van der Waals surface area contributed by atoms with Crippen molar-refractivity contribution in [2.75, 3.05) is 18.4 Å². The Bertz CT molecular complexity index is 3660. The van der Waals surface area contributed by atoms with Crippen LogP contribution in [-0.2, 0) is 44.9 Å². The fourth-order valence-electron chi connectivity index (χ4n) is 8.35. The van der Waals surface area contributed by atoms with Gasteiger partial charge in [0, 0.05) is 37.7 Å². The van der Waals surface area contributed by atoms with Gasteiger partial charge in [0.15, 0.2) is 0 Å². The summed E-state index contributed by atoms with van der Waals surface area (Å²) in [5, 5.41) is 50.6. The molecule has 6 aromatic rings. The fourth-order valence-corrected chi connectivity index (χ4v) is 8.35. The van der Waals surface area contributed by atoms with Crippen molar-refractivity contribution in [1.82, 2.24) is 10.6 Å². The molecule has 0 saturated heterocycles. The maximum Gasteiger partial charge on any atom is 0.433 e. The first-order valence-corrected chi connectivity index (χ1v) is 30.1. The number of hydrogen-bond acceptors (Lipinski definition) is 22. The van der Waals surface area contributed by atoms with Crippen LogP contribution < -0.4 is 30.2 Å². The van der Waals surface area contributed by atoms with Gasteiger partial charge in [0.05, 0.1) is 35.0 Å². The number of aliphatic imine (C=N–C) groups is 1. The number of unbranched alkanes of at least 4 members (excludes halogenated alkanes) is 8. The van der Waals surface area contributed by atoms with Crippen LogP contribution in [0.3, 0.4) is 0 Å². The maximum atomic E-state index is 12.4. The first-order valence-electron chi connectivity index (χ1n) is 30.1. The molecule has 0 aliphatic carbocycles. The number of anilines is 1. The number of carbonyl (C=O) groups is 6. The number of rotatable bonds is 31. The number of phenols is 2.